The Morgan fingerprint density at radius 1 is 0.842 bits per heavy atom. The number of benzene rings is 3. The Labute approximate surface area is 220 Å². The number of hydrogen-bond acceptors (Lipinski definition) is 7. The molecule has 4 aromatic rings. The number of nitrogens with zero attached hydrogens (tertiary/aromatic N) is 1. The van der Waals surface area contributed by atoms with Crippen LogP contribution in [-0.4, -0.2) is 39.1 Å². The Morgan fingerprint density at radius 2 is 1.55 bits per heavy atom. The monoisotopic (exact) mass is 531 g/mol. The minimum atomic E-state index is -1.42. The second kappa shape index (κ2) is 11.4. The van der Waals surface area contributed by atoms with E-state index >= 15 is 0 Å². The minimum absolute atomic E-state index is 0.176. The number of anilines is 2. The summed E-state index contributed by atoms with van der Waals surface area (Å²) in [6.45, 7) is 1.72. The van der Waals surface area contributed by atoms with Crippen LogP contribution in [0.2, 0.25) is 0 Å². The van der Waals surface area contributed by atoms with Gasteiger partial charge in [-0.2, -0.15) is 0 Å². The summed E-state index contributed by atoms with van der Waals surface area (Å²) in [5, 5.41) is 27.1. The number of carbonyl (C=O) groups excluding carboxylic acids is 2. The van der Waals surface area contributed by atoms with E-state index < -0.39 is 28.7 Å². The first-order chi connectivity index (χ1) is 18.2. The van der Waals surface area contributed by atoms with E-state index in [9.17, 15) is 24.3 Å². The highest BCUT2D eigenvalue weighted by molar-refractivity contribution is 8.00. The van der Waals surface area contributed by atoms with Gasteiger partial charge >= 0.3 is 11.9 Å². The van der Waals surface area contributed by atoms with Crippen LogP contribution in [0.1, 0.15) is 47.6 Å². The maximum atomic E-state index is 13.1. The Kier molecular flexibility index (Phi) is 7.88. The molecule has 4 rings (SSSR count). The van der Waals surface area contributed by atoms with Gasteiger partial charge in [-0.15, -0.1) is 11.8 Å². The highest BCUT2D eigenvalue weighted by atomic mass is 32.2. The van der Waals surface area contributed by atoms with Gasteiger partial charge in [-0.3, -0.25) is 9.59 Å². The summed E-state index contributed by atoms with van der Waals surface area (Å²) in [4.78, 5) is 49.3. The summed E-state index contributed by atoms with van der Waals surface area (Å²) in [6.07, 6.45) is 0. The van der Waals surface area contributed by atoms with E-state index in [1.165, 1.54) is 17.8 Å². The van der Waals surface area contributed by atoms with E-state index in [1.54, 1.807) is 37.3 Å². The van der Waals surface area contributed by atoms with Crippen molar-refractivity contribution < 1.29 is 33.9 Å². The third kappa shape index (κ3) is 6.26. The van der Waals surface area contributed by atoms with Crippen LogP contribution < -0.4 is 10.6 Å². The highest BCUT2D eigenvalue weighted by Gasteiger charge is 2.23. The Balaban J connectivity index is 1.50. The molecule has 0 spiro atoms. The Morgan fingerprint density at radius 3 is 2.16 bits per heavy atom. The third-order valence-corrected chi connectivity index (χ3v) is 6.59. The van der Waals surface area contributed by atoms with Crippen molar-refractivity contribution in [3.8, 4) is 0 Å². The van der Waals surface area contributed by atoms with Gasteiger partial charge in [0.25, 0.3) is 5.91 Å². The van der Waals surface area contributed by atoms with Gasteiger partial charge in [0, 0.05) is 16.6 Å². The molecule has 0 aliphatic heterocycles. The summed E-state index contributed by atoms with van der Waals surface area (Å²) in [5.41, 5.74) is 0.324. The first-order valence-electron chi connectivity index (χ1n) is 11.2. The van der Waals surface area contributed by atoms with Crippen LogP contribution in [0.15, 0.2) is 88.3 Å². The van der Waals surface area contributed by atoms with Crippen molar-refractivity contribution in [2.24, 2.45) is 0 Å². The van der Waals surface area contributed by atoms with Gasteiger partial charge in [-0.25, -0.2) is 9.59 Å². The van der Waals surface area contributed by atoms with Crippen molar-refractivity contribution in [3.63, 3.8) is 0 Å². The summed E-state index contributed by atoms with van der Waals surface area (Å²) >= 11 is 1.29. The summed E-state index contributed by atoms with van der Waals surface area (Å²) in [5.74, 6) is -2.84. The molecule has 0 radical (unpaired) electrons. The van der Waals surface area contributed by atoms with E-state index in [0.29, 0.717) is 17.3 Å². The van der Waals surface area contributed by atoms with Crippen molar-refractivity contribution in [1.82, 2.24) is 5.16 Å². The lowest BCUT2D eigenvalue weighted by atomic mass is 10.0. The lowest BCUT2D eigenvalue weighted by Crippen LogP contribution is -2.19. The zero-order chi connectivity index (χ0) is 27.2. The zero-order valence-electron chi connectivity index (χ0n) is 19.9. The molecule has 4 N–H and O–H groups in total. The van der Waals surface area contributed by atoms with E-state index in [2.05, 4.69) is 15.8 Å². The number of aromatic nitrogens is 1. The molecule has 1 aromatic heterocycles. The summed E-state index contributed by atoms with van der Waals surface area (Å²) < 4.78 is 5.02. The molecule has 3 aromatic carbocycles. The fourth-order valence-corrected chi connectivity index (χ4v) is 4.55. The number of thioether (sulfide) groups is 1. The summed E-state index contributed by atoms with van der Waals surface area (Å²) in [6, 6.07) is 20.8. The number of carbonyl (C=O) groups is 4. The largest absolute Gasteiger partial charge is 0.478 e. The molecular formula is C27H21N3O7S. The molecule has 0 fully saturated rings. The Hall–Kier alpha value is -4.90. The van der Waals surface area contributed by atoms with Gasteiger partial charge < -0.3 is 25.4 Å². The molecule has 0 bridgehead atoms. The van der Waals surface area contributed by atoms with Crippen molar-refractivity contribution in [2.75, 3.05) is 10.6 Å². The maximum absolute atomic E-state index is 13.1. The van der Waals surface area contributed by atoms with Crippen molar-refractivity contribution in [3.05, 3.63) is 107 Å². The van der Waals surface area contributed by atoms with E-state index in [1.807, 2.05) is 30.3 Å². The highest BCUT2D eigenvalue weighted by Crippen LogP contribution is 2.36. The topological polar surface area (TPSA) is 159 Å². The van der Waals surface area contributed by atoms with E-state index in [0.717, 1.165) is 22.6 Å². The van der Waals surface area contributed by atoms with Crippen molar-refractivity contribution in [2.45, 2.75) is 17.1 Å². The number of aromatic carboxylic acids is 2. The van der Waals surface area contributed by atoms with Crippen LogP contribution in [0.25, 0.3) is 0 Å². The number of hydrogen-bond donors (Lipinski definition) is 4. The molecule has 1 unspecified atom stereocenters. The van der Waals surface area contributed by atoms with E-state index in [-0.39, 0.29) is 17.0 Å². The minimum Gasteiger partial charge on any atom is -0.478 e. The van der Waals surface area contributed by atoms with Gasteiger partial charge in [-0.1, -0.05) is 35.5 Å². The zero-order valence-corrected chi connectivity index (χ0v) is 20.7. The second-order valence-corrected chi connectivity index (χ2v) is 9.25. The molecule has 1 atom stereocenters. The van der Waals surface area contributed by atoms with Crippen LogP contribution >= 0.6 is 11.8 Å². The fraction of sp³-hybridized carbons (Fsp3) is 0.0741. The average Bonchev–Trinajstić information content (AvgIpc) is 3.32. The molecule has 0 saturated heterocycles. The van der Waals surface area contributed by atoms with Gasteiger partial charge in [0.05, 0.1) is 16.7 Å². The SMILES string of the molecule is Cc1cc(NC(=O)C(Sc2ccc(NC(=O)c3ccc(C(=O)O)cc3C(=O)O)cc2)c2ccccc2)no1. The average molecular weight is 532 g/mol. The smallest absolute Gasteiger partial charge is 0.336 e. The second-order valence-electron chi connectivity index (χ2n) is 8.07. The standard InChI is InChI=1S/C27H21N3O7S/c1-15-13-22(30-37-15)29-25(32)23(16-5-3-2-4-6-16)38-19-10-8-18(9-11-19)28-24(31)20-12-7-17(26(33)34)14-21(20)27(35)36/h2-14,23H,1H3,(H,28,31)(H,33,34)(H,35,36)(H,29,30,32). The molecule has 38 heavy (non-hydrogen) atoms. The number of carboxylic acids is 2. The molecule has 11 heteroatoms. The molecule has 1 heterocycles. The number of nitrogens with one attached hydrogen (secondary N) is 2. The predicted molar refractivity (Wildman–Crippen MR) is 140 cm³/mol. The van der Waals surface area contributed by atoms with Crippen LogP contribution in [0.5, 0.6) is 0 Å². The van der Waals surface area contributed by atoms with Gasteiger partial charge in [0.15, 0.2) is 5.82 Å². The number of rotatable bonds is 9. The predicted octanol–water partition coefficient (Wildman–Crippen LogP) is 5.10. The van der Waals surface area contributed by atoms with Crippen LogP contribution in [0.3, 0.4) is 0 Å². The number of aryl methyl sites for hydroxylation is 1. The first kappa shape index (κ1) is 26.2. The Bertz CT molecular complexity index is 1500. The van der Waals surface area contributed by atoms with Crippen LogP contribution in [-0.2, 0) is 4.79 Å². The van der Waals surface area contributed by atoms with Gasteiger partial charge in [-0.05, 0) is 55.0 Å². The van der Waals surface area contributed by atoms with Crippen molar-refractivity contribution >= 4 is 47.0 Å². The number of amides is 2. The van der Waals surface area contributed by atoms with Crippen LogP contribution in [0.4, 0.5) is 11.5 Å². The summed E-state index contributed by atoms with van der Waals surface area (Å²) in [7, 11) is 0. The third-order valence-electron chi connectivity index (χ3n) is 5.33. The molecule has 192 valence electrons. The maximum Gasteiger partial charge on any atom is 0.336 e. The quantitative estimate of drug-likeness (QED) is 0.215. The molecule has 0 aliphatic carbocycles. The molecule has 10 nitrogen and oxygen atoms in total. The lowest BCUT2D eigenvalue weighted by Gasteiger charge is -2.16. The first-order valence-corrected chi connectivity index (χ1v) is 12.1. The molecule has 2 amide bonds. The van der Waals surface area contributed by atoms with E-state index in [4.69, 9.17) is 9.63 Å². The molecular weight excluding hydrogens is 510 g/mol. The normalized spacial score (nSPS) is 11.4. The van der Waals surface area contributed by atoms with Crippen molar-refractivity contribution in [1.29, 1.82) is 0 Å². The fourth-order valence-electron chi connectivity index (χ4n) is 3.52. The number of carboxylic acid groups (broad SMARTS) is 2. The molecule has 0 saturated carbocycles. The molecule has 0 aliphatic rings. The van der Waals surface area contributed by atoms with Crippen LogP contribution in [0, 0.1) is 6.92 Å². The van der Waals surface area contributed by atoms with Gasteiger partial charge in [0.1, 0.15) is 11.0 Å². The van der Waals surface area contributed by atoms with Gasteiger partial charge in [0.2, 0.25) is 5.91 Å². The lowest BCUT2D eigenvalue weighted by molar-refractivity contribution is -0.115.